The fourth-order valence-corrected chi connectivity index (χ4v) is 8.22. The molecule has 2 unspecified atom stereocenters. The topological polar surface area (TPSA) is 135 Å². The lowest BCUT2D eigenvalue weighted by molar-refractivity contribution is 0.0523. The number of hydrogen-bond acceptors (Lipinski definition) is 8. The number of benzene rings is 1. The van der Waals surface area contributed by atoms with Crippen LogP contribution in [0.4, 0.5) is 4.79 Å². The molecule has 2 saturated heterocycles. The normalized spacial score (nSPS) is 21.5. The van der Waals surface area contributed by atoms with Crippen LogP contribution in [-0.4, -0.2) is 86.8 Å². The number of nitrogens with zero attached hydrogens (tertiary/aromatic N) is 3. The zero-order valence-electron chi connectivity index (χ0n) is 22.4. The SMILES string of the molecule is CC(C)(C)OC(=O)NCc1ccnc(S(=O)(=O)CC2CC(c3ccccc3)CN2S(=O)(=O)N2CCOCC2)c1. The standard InChI is InChI=1S/C26H36N4O7S2/c1-26(2,3)37-25(31)28-17-20-9-10-27-24(15-20)38(32,33)19-23-16-22(21-7-5-4-6-8-21)18-30(23)39(34,35)29-11-13-36-14-12-29/h4-10,15,22-23H,11-14,16-19H2,1-3H3,(H,28,31). The van der Waals surface area contributed by atoms with Gasteiger partial charge < -0.3 is 14.8 Å². The van der Waals surface area contributed by atoms with Crippen molar-refractivity contribution in [3.05, 3.63) is 59.8 Å². The number of carbonyl (C=O) groups excluding carboxylic acids is 1. The highest BCUT2D eigenvalue weighted by atomic mass is 32.2. The van der Waals surface area contributed by atoms with Gasteiger partial charge in [-0.1, -0.05) is 30.3 Å². The van der Waals surface area contributed by atoms with Gasteiger partial charge in [0, 0.05) is 38.4 Å². The van der Waals surface area contributed by atoms with Crippen LogP contribution in [0.25, 0.3) is 0 Å². The Morgan fingerprint density at radius 3 is 2.46 bits per heavy atom. The quantitative estimate of drug-likeness (QED) is 0.503. The number of rotatable bonds is 8. The summed E-state index contributed by atoms with van der Waals surface area (Å²) in [7, 11) is -7.87. The lowest BCUT2D eigenvalue weighted by atomic mass is 9.97. The fraction of sp³-hybridized carbons (Fsp3) is 0.538. The molecule has 1 N–H and O–H groups in total. The number of aromatic nitrogens is 1. The summed E-state index contributed by atoms with van der Waals surface area (Å²) < 4.78 is 67.6. The number of sulfone groups is 1. The van der Waals surface area contributed by atoms with Crippen molar-refractivity contribution in [1.82, 2.24) is 18.9 Å². The van der Waals surface area contributed by atoms with Crippen LogP contribution < -0.4 is 5.32 Å². The largest absolute Gasteiger partial charge is 0.444 e. The molecular weight excluding hydrogens is 544 g/mol. The van der Waals surface area contributed by atoms with Crippen molar-refractivity contribution in [2.75, 3.05) is 38.6 Å². The minimum Gasteiger partial charge on any atom is -0.444 e. The summed E-state index contributed by atoms with van der Waals surface area (Å²) in [4.78, 5) is 16.1. The molecule has 1 amide bonds. The molecule has 1 aromatic heterocycles. The van der Waals surface area contributed by atoms with Crippen LogP contribution >= 0.6 is 0 Å². The number of hydrogen-bond donors (Lipinski definition) is 1. The minimum atomic E-state index is -3.97. The second kappa shape index (κ2) is 11.9. The summed E-state index contributed by atoms with van der Waals surface area (Å²) in [5, 5.41) is 2.44. The van der Waals surface area contributed by atoms with Crippen LogP contribution in [0.1, 0.15) is 44.2 Å². The Morgan fingerprint density at radius 1 is 1.10 bits per heavy atom. The van der Waals surface area contributed by atoms with E-state index in [1.165, 1.54) is 20.9 Å². The first-order valence-electron chi connectivity index (χ1n) is 12.9. The Hall–Kier alpha value is -2.58. The highest BCUT2D eigenvalue weighted by Gasteiger charge is 2.45. The number of carbonyl (C=O) groups is 1. The highest BCUT2D eigenvalue weighted by molar-refractivity contribution is 7.91. The van der Waals surface area contributed by atoms with Crippen molar-refractivity contribution in [1.29, 1.82) is 0 Å². The maximum absolute atomic E-state index is 13.6. The van der Waals surface area contributed by atoms with Gasteiger partial charge in [0.1, 0.15) is 5.60 Å². The molecule has 1 aromatic carbocycles. The summed E-state index contributed by atoms with van der Waals surface area (Å²) in [6, 6.07) is 11.8. The minimum absolute atomic E-state index is 0.0526. The molecule has 11 nitrogen and oxygen atoms in total. The van der Waals surface area contributed by atoms with E-state index in [0.29, 0.717) is 25.2 Å². The van der Waals surface area contributed by atoms with Gasteiger partial charge in [-0.15, -0.1) is 0 Å². The molecule has 39 heavy (non-hydrogen) atoms. The van der Waals surface area contributed by atoms with Gasteiger partial charge in [0.2, 0.25) is 0 Å². The van der Waals surface area contributed by atoms with Crippen molar-refractivity contribution in [2.45, 2.75) is 56.3 Å². The number of pyridine rings is 1. The molecule has 13 heteroatoms. The predicted octanol–water partition coefficient (Wildman–Crippen LogP) is 2.32. The summed E-state index contributed by atoms with van der Waals surface area (Å²) in [6.07, 6.45) is 1.11. The maximum Gasteiger partial charge on any atom is 0.407 e. The predicted molar refractivity (Wildman–Crippen MR) is 145 cm³/mol. The van der Waals surface area contributed by atoms with Gasteiger partial charge in [0.25, 0.3) is 10.2 Å². The molecule has 2 fully saturated rings. The van der Waals surface area contributed by atoms with Crippen LogP contribution in [0, 0.1) is 0 Å². The summed E-state index contributed by atoms with van der Waals surface area (Å²) >= 11 is 0. The summed E-state index contributed by atoms with van der Waals surface area (Å²) in [5.41, 5.74) is 0.831. The molecule has 2 aliphatic rings. The summed E-state index contributed by atoms with van der Waals surface area (Å²) in [6.45, 7) is 6.53. The first-order chi connectivity index (χ1) is 18.3. The molecule has 0 aliphatic carbocycles. The number of amides is 1. The number of nitrogens with one attached hydrogen (secondary N) is 1. The van der Waals surface area contributed by atoms with E-state index in [1.807, 2.05) is 30.3 Å². The molecular formula is C26H36N4O7S2. The molecule has 214 valence electrons. The maximum atomic E-state index is 13.6. The van der Waals surface area contributed by atoms with Crippen molar-refractivity contribution in [3.63, 3.8) is 0 Å². The average Bonchev–Trinajstić information content (AvgIpc) is 3.32. The van der Waals surface area contributed by atoms with E-state index in [-0.39, 0.29) is 37.1 Å². The number of alkyl carbamates (subject to hydrolysis) is 1. The number of ether oxygens (including phenoxy) is 2. The van der Waals surface area contributed by atoms with Crippen molar-refractivity contribution < 1.29 is 31.1 Å². The van der Waals surface area contributed by atoms with Crippen LogP contribution in [0.15, 0.2) is 53.7 Å². The molecule has 4 rings (SSSR count). The Kier molecular flexibility index (Phi) is 8.96. The lowest BCUT2D eigenvalue weighted by Crippen LogP contribution is -2.51. The van der Waals surface area contributed by atoms with E-state index < -0.39 is 43.5 Å². The van der Waals surface area contributed by atoms with E-state index in [0.717, 1.165) is 5.56 Å². The van der Waals surface area contributed by atoms with E-state index in [9.17, 15) is 21.6 Å². The van der Waals surface area contributed by atoms with Crippen LogP contribution in [0.5, 0.6) is 0 Å². The van der Waals surface area contributed by atoms with Crippen molar-refractivity contribution in [3.8, 4) is 0 Å². The van der Waals surface area contributed by atoms with Crippen LogP contribution in [0.3, 0.4) is 0 Å². The highest BCUT2D eigenvalue weighted by Crippen LogP contribution is 2.36. The Bertz CT molecular complexity index is 1360. The third-order valence-corrected chi connectivity index (χ3v) is 10.3. The molecule has 2 aliphatic heterocycles. The third-order valence-electron chi connectivity index (χ3n) is 6.59. The second-order valence-electron chi connectivity index (χ2n) is 10.7. The molecule has 0 radical (unpaired) electrons. The van der Waals surface area contributed by atoms with E-state index in [2.05, 4.69) is 10.3 Å². The molecule has 2 atom stereocenters. The number of morpholine rings is 1. The second-order valence-corrected chi connectivity index (χ2v) is 14.6. The van der Waals surface area contributed by atoms with E-state index in [1.54, 1.807) is 26.8 Å². The van der Waals surface area contributed by atoms with Crippen LogP contribution in [-0.2, 0) is 36.1 Å². The molecule has 0 spiro atoms. The first-order valence-corrected chi connectivity index (χ1v) is 15.9. The van der Waals surface area contributed by atoms with Gasteiger partial charge >= 0.3 is 6.09 Å². The van der Waals surface area contributed by atoms with Crippen molar-refractivity contribution >= 4 is 26.1 Å². The zero-order valence-corrected chi connectivity index (χ0v) is 24.1. The average molecular weight is 581 g/mol. The van der Waals surface area contributed by atoms with Gasteiger partial charge in [-0.2, -0.15) is 17.0 Å². The van der Waals surface area contributed by atoms with Gasteiger partial charge in [0.05, 0.1) is 19.0 Å². The smallest absolute Gasteiger partial charge is 0.407 e. The Labute approximate surface area is 230 Å². The first kappa shape index (κ1) is 29.4. The lowest BCUT2D eigenvalue weighted by Gasteiger charge is -2.32. The molecule has 0 saturated carbocycles. The summed E-state index contributed by atoms with van der Waals surface area (Å²) in [5.74, 6) is -0.546. The van der Waals surface area contributed by atoms with Gasteiger partial charge in [-0.3, -0.25) is 0 Å². The van der Waals surface area contributed by atoms with Crippen molar-refractivity contribution in [2.24, 2.45) is 0 Å². The molecule has 2 aromatic rings. The zero-order chi connectivity index (χ0) is 28.3. The van der Waals surface area contributed by atoms with Gasteiger partial charge in [0.15, 0.2) is 14.9 Å². The van der Waals surface area contributed by atoms with E-state index >= 15 is 0 Å². The molecule has 3 heterocycles. The van der Waals surface area contributed by atoms with Gasteiger partial charge in [-0.05, 0) is 56.4 Å². The third kappa shape index (κ3) is 7.54. The van der Waals surface area contributed by atoms with E-state index in [4.69, 9.17) is 9.47 Å². The Morgan fingerprint density at radius 2 is 1.79 bits per heavy atom. The van der Waals surface area contributed by atoms with Gasteiger partial charge in [-0.25, -0.2) is 18.2 Å². The fourth-order valence-electron chi connectivity index (χ4n) is 4.77. The molecule has 0 bridgehead atoms. The monoisotopic (exact) mass is 580 g/mol. The van der Waals surface area contributed by atoms with Crippen LogP contribution in [0.2, 0.25) is 0 Å². The Balaban J connectivity index is 1.54.